The van der Waals surface area contributed by atoms with Gasteiger partial charge in [-0.1, -0.05) is 0 Å². The third-order valence-electron chi connectivity index (χ3n) is 2.00. The minimum absolute atomic E-state index is 0. The van der Waals surface area contributed by atoms with Gasteiger partial charge in [-0.05, 0) is 46.8 Å². The summed E-state index contributed by atoms with van der Waals surface area (Å²) in [5.41, 5.74) is 1.69. The molecule has 18 heavy (non-hydrogen) atoms. The van der Waals surface area contributed by atoms with Crippen molar-refractivity contribution in [2.45, 2.75) is 40.7 Å². The van der Waals surface area contributed by atoms with E-state index < -0.39 is 0 Å². The van der Waals surface area contributed by atoms with E-state index in [1.807, 2.05) is 20.8 Å². The van der Waals surface area contributed by atoms with Crippen LogP contribution < -0.4 is 10.6 Å². The molecule has 0 aromatic carbocycles. The quantitative estimate of drug-likeness (QED) is 0.553. The van der Waals surface area contributed by atoms with Crippen LogP contribution in [0.2, 0.25) is 0 Å². The van der Waals surface area contributed by atoms with Crippen LogP contribution in [0.25, 0.3) is 0 Å². The fourth-order valence-electron chi connectivity index (χ4n) is 1.46. The molecule has 0 amide bonds. The Morgan fingerprint density at radius 2 is 1.44 bits per heavy atom. The first-order valence-corrected chi connectivity index (χ1v) is 5.69. The molecule has 0 bridgehead atoms. The zero-order valence-corrected chi connectivity index (χ0v) is 12.5. The van der Waals surface area contributed by atoms with E-state index in [1.165, 1.54) is 13.8 Å². The van der Waals surface area contributed by atoms with Gasteiger partial charge >= 0.3 is 17.1 Å². The summed E-state index contributed by atoms with van der Waals surface area (Å²) in [4.78, 5) is 21.7. The molecule has 0 saturated heterocycles. The van der Waals surface area contributed by atoms with Gasteiger partial charge in [0.1, 0.15) is 0 Å². The molecule has 0 aliphatic rings. The van der Waals surface area contributed by atoms with Crippen molar-refractivity contribution in [3.63, 3.8) is 0 Å². The summed E-state index contributed by atoms with van der Waals surface area (Å²) in [5, 5.41) is 6.32. The van der Waals surface area contributed by atoms with Crippen LogP contribution in [0.5, 0.6) is 0 Å². The second-order valence-corrected chi connectivity index (χ2v) is 4.30. The maximum absolute atomic E-state index is 10.8. The summed E-state index contributed by atoms with van der Waals surface area (Å²) in [6.45, 7) is 9.45. The molecule has 1 atom stereocenters. The third-order valence-corrected chi connectivity index (χ3v) is 2.00. The monoisotopic (exact) mass is 301 g/mol. The first-order chi connectivity index (χ1) is 7.81. The number of rotatable bonds is 7. The first kappa shape index (κ1) is 19.3. The molecule has 0 aromatic heterocycles. The van der Waals surface area contributed by atoms with E-state index in [1.54, 1.807) is 12.2 Å². The van der Waals surface area contributed by atoms with Crippen LogP contribution in [0.3, 0.4) is 0 Å². The standard InChI is InChI=1S/C13H22N2O2.Cu/c1-9(6-12(4)16)14-8-11(3)15-10(2)7-13(5)17;/h6-7,11,14-15H,8H2,1-5H3;/q;+2/b9-6+,10-7-;. The van der Waals surface area contributed by atoms with Gasteiger partial charge in [0.25, 0.3) is 0 Å². The zero-order valence-electron chi connectivity index (χ0n) is 11.6. The minimum Gasteiger partial charge on any atom is -0.386 e. The molecule has 0 aliphatic carbocycles. The maximum Gasteiger partial charge on any atom is 2.00 e. The van der Waals surface area contributed by atoms with Gasteiger partial charge in [-0.3, -0.25) is 9.59 Å². The topological polar surface area (TPSA) is 58.2 Å². The normalized spacial score (nSPS) is 13.4. The molecule has 1 radical (unpaired) electrons. The molecule has 0 aromatic rings. The van der Waals surface area contributed by atoms with Crippen LogP contribution in [0.1, 0.15) is 34.6 Å². The predicted molar refractivity (Wildman–Crippen MR) is 69.5 cm³/mol. The van der Waals surface area contributed by atoms with Crippen molar-refractivity contribution < 1.29 is 26.7 Å². The predicted octanol–water partition coefficient (Wildman–Crippen LogP) is 1.54. The van der Waals surface area contributed by atoms with Crippen LogP contribution in [0.15, 0.2) is 23.5 Å². The van der Waals surface area contributed by atoms with Gasteiger partial charge < -0.3 is 10.6 Å². The van der Waals surface area contributed by atoms with Crippen molar-refractivity contribution in [1.82, 2.24) is 10.6 Å². The van der Waals surface area contributed by atoms with E-state index in [9.17, 15) is 9.59 Å². The Hall–Kier alpha value is -1.06. The Morgan fingerprint density at radius 3 is 1.89 bits per heavy atom. The first-order valence-electron chi connectivity index (χ1n) is 5.69. The molecular formula is C13H22CuN2O2+2. The fourth-order valence-corrected chi connectivity index (χ4v) is 1.46. The second kappa shape index (κ2) is 9.92. The number of nitrogens with one attached hydrogen (secondary N) is 2. The van der Waals surface area contributed by atoms with Crippen molar-refractivity contribution in [3.8, 4) is 0 Å². The summed E-state index contributed by atoms with van der Waals surface area (Å²) in [6.07, 6.45) is 3.12. The van der Waals surface area contributed by atoms with E-state index >= 15 is 0 Å². The van der Waals surface area contributed by atoms with Gasteiger partial charge in [-0.15, -0.1) is 0 Å². The zero-order chi connectivity index (χ0) is 13.4. The second-order valence-electron chi connectivity index (χ2n) is 4.30. The summed E-state index contributed by atoms with van der Waals surface area (Å²) in [7, 11) is 0. The third kappa shape index (κ3) is 11.4. The van der Waals surface area contributed by atoms with Crippen LogP contribution in [0.4, 0.5) is 0 Å². The van der Waals surface area contributed by atoms with E-state index in [4.69, 9.17) is 0 Å². The summed E-state index contributed by atoms with van der Waals surface area (Å²) in [6, 6.07) is 0.181. The molecule has 0 spiro atoms. The van der Waals surface area contributed by atoms with Gasteiger partial charge in [-0.25, -0.2) is 0 Å². The molecule has 105 valence electrons. The molecule has 0 saturated carbocycles. The van der Waals surface area contributed by atoms with Crippen molar-refractivity contribution in [1.29, 1.82) is 0 Å². The van der Waals surface area contributed by atoms with Crippen LogP contribution in [0, 0.1) is 0 Å². The molecule has 4 nitrogen and oxygen atoms in total. The van der Waals surface area contributed by atoms with Crippen molar-refractivity contribution in [3.05, 3.63) is 23.5 Å². The van der Waals surface area contributed by atoms with E-state index in [-0.39, 0.29) is 34.7 Å². The van der Waals surface area contributed by atoms with Crippen molar-refractivity contribution in [2.24, 2.45) is 0 Å². The van der Waals surface area contributed by atoms with Crippen molar-refractivity contribution >= 4 is 11.6 Å². The van der Waals surface area contributed by atoms with Gasteiger partial charge in [0.05, 0.1) is 0 Å². The molecule has 0 aliphatic heterocycles. The maximum atomic E-state index is 10.8. The number of carbonyl (C=O) groups is 2. The average Bonchev–Trinajstić information content (AvgIpc) is 2.12. The Morgan fingerprint density at radius 1 is 1.00 bits per heavy atom. The number of ketones is 2. The van der Waals surface area contributed by atoms with Gasteiger partial charge in [0.15, 0.2) is 11.6 Å². The van der Waals surface area contributed by atoms with Crippen LogP contribution in [-0.4, -0.2) is 24.2 Å². The largest absolute Gasteiger partial charge is 2.00 e. The van der Waals surface area contributed by atoms with Gasteiger partial charge in [-0.2, -0.15) is 0 Å². The van der Waals surface area contributed by atoms with Crippen molar-refractivity contribution in [2.75, 3.05) is 6.54 Å². The summed E-state index contributed by atoms with van der Waals surface area (Å²) >= 11 is 0. The van der Waals surface area contributed by atoms with E-state index in [0.717, 1.165) is 11.4 Å². The molecule has 0 fully saturated rings. The fraction of sp³-hybridized carbons (Fsp3) is 0.538. The summed E-state index contributed by atoms with van der Waals surface area (Å²) in [5.74, 6) is 0.0612. The number of hydrogen-bond donors (Lipinski definition) is 2. The smallest absolute Gasteiger partial charge is 0.386 e. The molecule has 0 heterocycles. The Kier molecular flexibility index (Phi) is 10.6. The van der Waals surface area contributed by atoms with E-state index in [0.29, 0.717) is 6.54 Å². The Labute approximate surface area is 120 Å². The van der Waals surface area contributed by atoms with Gasteiger partial charge in [0.2, 0.25) is 0 Å². The summed E-state index contributed by atoms with van der Waals surface area (Å²) < 4.78 is 0. The van der Waals surface area contributed by atoms with Gasteiger partial charge in [0, 0.05) is 24.0 Å². The molecular weight excluding hydrogens is 280 g/mol. The Balaban J connectivity index is 0. The van der Waals surface area contributed by atoms with Crippen LogP contribution >= 0.6 is 0 Å². The molecule has 0 rings (SSSR count). The SMILES string of the molecule is CC(=O)/C=C(/C)NC(C)CN/C(C)=C/C(C)=O.[Cu+2]. The molecule has 1 unspecified atom stereocenters. The van der Waals surface area contributed by atoms with E-state index in [2.05, 4.69) is 10.6 Å². The minimum atomic E-state index is 0. The molecule has 2 N–H and O–H groups in total. The van der Waals surface area contributed by atoms with Crippen LogP contribution in [-0.2, 0) is 26.7 Å². The number of hydrogen-bond acceptors (Lipinski definition) is 4. The average molecular weight is 302 g/mol. The number of allylic oxidation sites excluding steroid dienone is 4. The number of carbonyl (C=O) groups excluding carboxylic acids is 2. The molecule has 5 heteroatoms. The Bertz CT molecular complexity index is 349.